The predicted octanol–water partition coefficient (Wildman–Crippen LogP) is 4.75. The molecular weight excluding hydrogens is 512 g/mol. The van der Waals surface area contributed by atoms with E-state index in [4.69, 9.17) is 35.3 Å². The van der Waals surface area contributed by atoms with Gasteiger partial charge in [0.1, 0.15) is 12.4 Å². The predicted molar refractivity (Wildman–Crippen MR) is 140 cm³/mol. The molecule has 2 heterocycles. The van der Waals surface area contributed by atoms with Crippen molar-refractivity contribution in [3.63, 3.8) is 0 Å². The van der Waals surface area contributed by atoms with Gasteiger partial charge in [-0.2, -0.15) is 4.98 Å². The molecular formula is C27H25ClN4O6. The van der Waals surface area contributed by atoms with Crippen LogP contribution < -0.4 is 24.3 Å². The summed E-state index contributed by atoms with van der Waals surface area (Å²) in [7, 11) is 0. The highest BCUT2D eigenvalue weighted by Gasteiger charge is 2.19. The number of benzene rings is 3. The zero-order valence-electron chi connectivity index (χ0n) is 20.6. The standard InChI is InChI=1S/C27H25ClN4O6/c1-2-34-13-14-35-27-30-26(18-3-12-23-24(15-18)38-17-37-23)32(31-27)21-8-6-20(7-9-21)29-25(33)16-36-22-10-4-19(28)5-11-22/h3-12,15H,2,13-14,16-17H2,1H3,(H,29,33). The molecule has 1 amide bonds. The summed E-state index contributed by atoms with van der Waals surface area (Å²) < 4.78 is 29.2. The van der Waals surface area contributed by atoms with Crippen molar-refractivity contribution in [3.05, 3.63) is 71.8 Å². The molecule has 1 aliphatic heterocycles. The summed E-state index contributed by atoms with van der Waals surface area (Å²) in [6, 6.07) is 19.8. The van der Waals surface area contributed by atoms with E-state index in [9.17, 15) is 4.79 Å². The lowest BCUT2D eigenvalue weighted by atomic mass is 10.2. The van der Waals surface area contributed by atoms with Crippen molar-refractivity contribution in [2.75, 3.05) is 38.5 Å². The minimum atomic E-state index is -0.292. The quantitative estimate of drug-likeness (QED) is 0.274. The van der Waals surface area contributed by atoms with Crippen LogP contribution in [-0.4, -0.2) is 53.9 Å². The molecule has 0 radical (unpaired) electrons. The van der Waals surface area contributed by atoms with E-state index in [0.717, 1.165) is 11.3 Å². The van der Waals surface area contributed by atoms with Crippen molar-refractivity contribution >= 4 is 23.2 Å². The molecule has 11 heteroatoms. The zero-order chi connectivity index (χ0) is 26.3. The van der Waals surface area contributed by atoms with Crippen LogP contribution >= 0.6 is 11.6 Å². The molecule has 10 nitrogen and oxygen atoms in total. The maximum Gasteiger partial charge on any atom is 0.336 e. The van der Waals surface area contributed by atoms with Crippen molar-refractivity contribution in [2.45, 2.75) is 6.92 Å². The number of ether oxygens (including phenoxy) is 5. The maximum absolute atomic E-state index is 12.4. The first-order valence-corrected chi connectivity index (χ1v) is 12.3. The summed E-state index contributed by atoms with van der Waals surface area (Å²) in [4.78, 5) is 16.9. The molecule has 0 fully saturated rings. The lowest BCUT2D eigenvalue weighted by molar-refractivity contribution is -0.118. The highest BCUT2D eigenvalue weighted by Crippen LogP contribution is 2.36. The number of carbonyl (C=O) groups is 1. The zero-order valence-corrected chi connectivity index (χ0v) is 21.3. The molecule has 38 heavy (non-hydrogen) atoms. The average molecular weight is 537 g/mol. The Kier molecular flexibility index (Phi) is 7.91. The Bertz CT molecular complexity index is 1390. The Balaban J connectivity index is 1.31. The summed E-state index contributed by atoms with van der Waals surface area (Å²) in [5.74, 6) is 2.13. The first-order chi connectivity index (χ1) is 18.6. The van der Waals surface area contributed by atoms with E-state index >= 15 is 0 Å². The molecule has 5 rings (SSSR count). The summed E-state index contributed by atoms with van der Waals surface area (Å²) >= 11 is 5.87. The summed E-state index contributed by atoms with van der Waals surface area (Å²) in [6.07, 6.45) is 0. The molecule has 3 aromatic carbocycles. The van der Waals surface area contributed by atoms with Crippen LogP contribution in [0, 0.1) is 0 Å². The van der Waals surface area contributed by atoms with Crippen LogP contribution in [0.2, 0.25) is 5.02 Å². The van der Waals surface area contributed by atoms with Gasteiger partial charge >= 0.3 is 6.01 Å². The van der Waals surface area contributed by atoms with Crippen LogP contribution in [0.5, 0.6) is 23.3 Å². The smallest absolute Gasteiger partial charge is 0.336 e. The lowest BCUT2D eigenvalue weighted by Gasteiger charge is -2.10. The number of hydrogen-bond acceptors (Lipinski definition) is 8. The van der Waals surface area contributed by atoms with E-state index in [1.54, 1.807) is 41.1 Å². The fraction of sp³-hybridized carbons (Fsp3) is 0.222. The number of nitrogens with zero attached hydrogens (tertiary/aromatic N) is 3. The Hall–Kier alpha value is -4.28. The first kappa shape index (κ1) is 25.4. The Labute approximate surface area is 224 Å². The van der Waals surface area contributed by atoms with Crippen LogP contribution in [-0.2, 0) is 9.53 Å². The van der Waals surface area contributed by atoms with E-state index < -0.39 is 0 Å². The van der Waals surface area contributed by atoms with E-state index in [1.807, 2.05) is 37.3 Å². The molecule has 0 atom stereocenters. The number of nitrogens with one attached hydrogen (secondary N) is 1. The minimum absolute atomic E-state index is 0.136. The highest BCUT2D eigenvalue weighted by atomic mass is 35.5. The molecule has 4 aromatic rings. The van der Waals surface area contributed by atoms with Gasteiger partial charge in [-0.25, -0.2) is 4.68 Å². The van der Waals surface area contributed by atoms with Gasteiger partial charge in [0, 0.05) is 22.9 Å². The van der Waals surface area contributed by atoms with Gasteiger partial charge in [0.2, 0.25) is 6.79 Å². The second-order valence-electron chi connectivity index (χ2n) is 8.08. The van der Waals surface area contributed by atoms with Gasteiger partial charge in [-0.05, 0) is 73.7 Å². The fourth-order valence-corrected chi connectivity index (χ4v) is 3.78. The molecule has 0 saturated heterocycles. The lowest BCUT2D eigenvalue weighted by Crippen LogP contribution is -2.20. The van der Waals surface area contributed by atoms with Gasteiger partial charge in [-0.1, -0.05) is 11.6 Å². The maximum atomic E-state index is 12.4. The summed E-state index contributed by atoms with van der Waals surface area (Å²) in [5.41, 5.74) is 2.11. The highest BCUT2D eigenvalue weighted by molar-refractivity contribution is 6.30. The van der Waals surface area contributed by atoms with Crippen molar-refractivity contribution in [1.29, 1.82) is 0 Å². The number of hydrogen-bond donors (Lipinski definition) is 1. The molecule has 196 valence electrons. The van der Waals surface area contributed by atoms with Crippen LogP contribution in [0.4, 0.5) is 5.69 Å². The molecule has 0 bridgehead atoms. The van der Waals surface area contributed by atoms with Gasteiger partial charge in [-0.3, -0.25) is 4.79 Å². The first-order valence-electron chi connectivity index (χ1n) is 12.0. The Morgan fingerprint density at radius 2 is 1.79 bits per heavy atom. The largest absolute Gasteiger partial charge is 0.484 e. The molecule has 0 saturated carbocycles. The molecule has 1 N–H and O–H groups in total. The van der Waals surface area contributed by atoms with Gasteiger partial charge in [0.15, 0.2) is 23.9 Å². The number of halogens is 1. The summed E-state index contributed by atoms with van der Waals surface area (Å²) in [6.45, 7) is 3.31. The van der Waals surface area contributed by atoms with Gasteiger partial charge in [-0.15, -0.1) is 5.10 Å². The van der Waals surface area contributed by atoms with Gasteiger partial charge in [0.05, 0.1) is 12.3 Å². The third kappa shape index (κ3) is 6.16. The second kappa shape index (κ2) is 11.8. The van der Waals surface area contributed by atoms with Gasteiger partial charge in [0.25, 0.3) is 5.91 Å². The topological polar surface area (TPSA) is 106 Å². The second-order valence-corrected chi connectivity index (χ2v) is 8.52. The minimum Gasteiger partial charge on any atom is -0.484 e. The molecule has 1 aliphatic rings. The van der Waals surface area contributed by atoms with Crippen LogP contribution in [0.25, 0.3) is 17.1 Å². The monoisotopic (exact) mass is 536 g/mol. The van der Waals surface area contributed by atoms with Crippen molar-refractivity contribution in [2.24, 2.45) is 0 Å². The number of aromatic nitrogens is 3. The number of carbonyl (C=O) groups excluding carboxylic acids is 1. The molecule has 1 aromatic heterocycles. The van der Waals surface area contributed by atoms with Crippen LogP contribution in [0.15, 0.2) is 66.7 Å². The van der Waals surface area contributed by atoms with Gasteiger partial charge < -0.3 is 29.0 Å². The molecule has 0 spiro atoms. The van der Waals surface area contributed by atoms with E-state index in [-0.39, 0.29) is 25.3 Å². The Morgan fingerprint density at radius 1 is 1.00 bits per heavy atom. The third-order valence-corrected chi connectivity index (χ3v) is 5.71. The number of fused-ring (bicyclic) bond motifs is 1. The number of amides is 1. The summed E-state index contributed by atoms with van der Waals surface area (Å²) in [5, 5.41) is 7.96. The molecule has 0 aliphatic carbocycles. The SMILES string of the molecule is CCOCCOc1nc(-c2ccc3c(c2)OCO3)n(-c2ccc(NC(=O)COc3ccc(Cl)cc3)cc2)n1. The van der Waals surface area contributed by atoms with Crippen molar-refractivity contribution in [3.8, 4) is 40.3 Å². The molecule has 0 unspecified atom stereocenters. The van der Waals surface area contributed by atoms with Crippen LogP contribution in [0.3, 0.4) is 0 Å². The van der Waals surface area contributed by atoms with Crippen molar-refractivity contribution in [1.82, 2.24) is 14.8 Å². The van der Waals surface area contributed by atoms with E-state index in [1.165, 1.54) is 0 Å². The normalized spacial score (nSPS) is 11.8. The number of anilines is 1. The van der Waals surface area contributed by atoms with Crippen molar-refractivity contribution < 1.29 is 28.5 Å². The van der Waals surface area contributed by atoms with E-state index in [0.29, 0.717) is 53.6 Å². The fourth-order valence-electron chi connectivity index (χ4n) is 3.66. The third-order valence-electron chi connectivity index (χ3n) is 5.46. The Morgan fingerprint density at radius 3 is 2.58 bits per heavy atom. The average Bonchev–Trinajstić information content (AvgIpc) is 3.58. The van der Waals surface area contributed by atoms with Crippen LogP contribution in [0.1, 0.15) is 6.92 Å². The number of rotatable bonds is 11. The van der Waals surface area contributed by atoms with E-state index in [2.05, 4.69) is 15.4 Å².